The molecule has 0 saturated heterocycles. The first-order valence-corrected chi connectivity index (χ1v) is 6.27. The van der Waals surface area contributed by atoms with E-state index in [1.54, 1.807) is 38.1 Å². The van der Waals surface area contributed by atoms with Crippen molar-refractivity contribution in [2.45, 2.75) is 19.9 Å². The molecule has 1 aromatic heterocycles. The molecule has 1 unspecified atom stereocenters. The Balaban J connectivity index is 1.85. The molecule has 2 rings (SSSR count). The van der Waals surface area contributed by atoms with Gasteiger partial charge in [0.1, 0.15) is 11.6 Å². The molecule has 6 heteroatoms. The summed E-state index contributed by atoms with van der Waals surface area (Å²) in [6.07, 6.45) is 0. The van der Waals surface area contributed by atoms with E-state index >= 15 is 0 Å². The van der Waals surface area contributed by atoms with Crippen molar-refractivity contribution in [2.24, 2.45) is 0 Å². The predicted molar refractivity (Wildman–Crippen MR) is 72.7 cm³/mol. The van der Waals surface area contributed by atoms with Crippen molar-refractivity contribution in [1.82, 2.24) is 10.5 Å². The number of amides is 1. The van der Waals surface area contributed by atoms with Crippen LogP contribution < -0.4 is 10.6 Å². The van der Waals surface area contributed by atoms with Gasteiger partial charge in [-0.05, 0) is 19.9 Å². The van der Waals surface area contributed by atoms with Crippen LogP contribution in [0.5, 0.6) is 0 Å². The highest BCUT2D eigenvalue weighted by molar-refractivity contribution is 5.91. The molecule has 1 amide bonds. The highest BCUT2D eigenvalue weighted by Gasteiger charge is 2.12. The van der Waals surface area contributed by atoms with Gasteiger partial charge in [-0.2, -0.15) is 0 Å². The molecule has 1 aromatic carbocycles. The molecular formula is C14H16FN3O2. The SMILES string of the molecule is Cc1cc(NC(=O)CNC(C)c2ccccc2F)no1. The van der Waals surface area contributed by atoms with E-state index in [9.17, 15) is 9.18 Å². The zero-order valence-electron chi connectivity index (χ0n) is 11.3. The molecule has 1 heterocycles. The third kappa shape index (κ3) is 3.64. The monoisotopic (exact) mass is 277 g/mol. The van der Waals surface area contributed by atoms with Gasteiger partial charge < -0.3 is 15.2 Å². The number of rotatable bonds is 5. The summed E-state index contributed by atoms with van der Waals surface area (Å²) in [6.45, 7) is 3.59. The Bertz CT molecular complexity index is 598. The van der Waals surface area contributed by atoms with Crippen molar-refractivity contribution in [3.63, 3.8) is 0 Å². The van der Waals surface area contributed by atoms with E-state index in [1.165, 1.54) is 6.07 Å². The van der Waals surface area contributed by atoms with Gasteiger partial charge in [0, 0.05) is 17.7 Å². The lowest BCUT2D eigenvalue weighted by molar-refractivity contribution is -0.115. The third-order valence-electron chi connectivity index (χ3n) is 2.84. The first kappa shape index (κ1) is 14.2. The van der Waals surface area contributed by atoms with Crippen molar-refractivity contribution in [1.29, 1.82) is 0 Å². The molecule has 1 atom stereocenters. The standard InChI is InChI=1S/C14H16FN3O2/c1-9-7-13(18-20-9)17-14(19)8-16-10(2)11-5-3-4-6-12(11)15/h3-7,10,16H,8H2,1-2H3,(H,17,18,19). The van der Waals surface area contributed by atoms with Gasteiger partial charge >= 0.3 is 0 Å². The summed E-state index contributed by atoms with van der Waals surface area (Å²) in [5, 5.41) is 9.20. The normalized spacial score (nSPS) is 12.2. The average Bonchev–Trinajstić information content (AvgIpc) is 2.82. The Morgan fingerprint density at radius 3 is 2.85 bits per heavy atom. The van der Waals surface area contributed by atoms with E-state index in [4.69, 9.17) is 4.52 Å². The largest absolute Gasteiger partial charge is 0.360 e. The molecule has 2 N–H and O–H groups in total. The molecule has 0 saturated carbocycles. The molecule has 0 fully saturated rings. The van der Waals surface area contributed by atoms with Crippen LogP contribution in [0.3, 0.4) is 0 Å². The van der Waals surface area contributed by atoms with E-state index in [1.807, 2.05) is 0 Å². The van der Waals surface area contributed by atoms with Crippen LogP contribution in [0.25, 0.3) is 0 Å². The van der Waals surface area contributed by atoms with Crippen LogP contribution >= 0.6 is 0 Å². The topological polar surface area (TPSA) is 67.2 Å². The fourth-order valence-corrected chi connectivity index (χ4v) is 1.79. The number of anilines is 1. The summed E-state index contributed by atoms with van der Waals surface area (Å²) in [6, 6.07) is 7.83. The molecule has 5 nitrogen and oxygen atoms in total. The second kappa shape index (κ2) is 6.29. The van der Waals surface area contributed by atoms with Crippen LogP contribution in [-0.4, -0.2) is 17.6 Å². The van der Waals surface area contributed by atoms with Gasteiger partial charge in [0.2, 0.25) is 5.91 Å². The van der Waals surface area contributed by atoms with Crippen molar-refractivity contribution in [2.75, 3.05) is 11.9 Å². The van der Waals surface area contributed by atoms with Crippen molar-refractivity contribution in [3.8, 4) is 0 Å². The molecule has 0 aliphatic carbocycles. The molecule has 20 heavy (non-hydrogen) atoms. The van der Waals surface area contributed by atoms with Crippen molar-refractivity contribution >= 4 is 11.7 Å². The Hall–Kier alpha value is -2.21. The number of halogens is 1. The highest BCUT2D eigenvalue weighted by Crippen LogP contribution is 2.15. The van der Waals surface area contributed by atoms with Crippen LogP contribution in [0, 0.1) is 12.7 Å². The molecule has 0 aliphatic rings. The van der Waals surface area contributed by atoms with Gasteiger partial charge in [-0.3, -0.25) is 4.79 Å². The maximum absolute atomic E-state index is 13.6. The molecule has 106 valence electrons. The second-order valence-electron chi connectivity index (χ2n) is 4.50. The van der Waals surface area contributed by atoms with Gasteiger partial charge in [0.15, 0.2) is 5.82 Å². The van der Waals surface area contributed by atoms with Gasteiger partial charge in [-0.25, -0.2) is 4.39 Å². The van der Waals surface area contributed by atoms with E-state index in [-0.39, 0.29) is 24.3 Å². The maximum Gasteiger partial charge on any atom is 0.239 e. The van der Waals surface area contributed by atoms with Gasteiger partial charge in [0.25, 0.3) is 0 Å². The lowest BCUT2D eigenvalue weighted by atomic mass is 10.1. The van der Waals surface area contributed by atoms with Crippen LogP contribution in [0.15, 0.2) is 34.9 Å². The van der Waals surface area contributed by atoms with Crippen LogP contribution in [-0.2, 0) is 4.79 Å². The minimum Gasteiger partial charge on any atom is -0.360 e. The van der Waals surface area contributed by atoms with Crippen LogP contribution in [0.4, 0.5) is 10.2 Å². The van der Waals surface area contributed by atoms with Crippen molar-refractivity contribution < 1.29 is 13.7 Å². The summed E-state index contributed by atoms with van der Waals surface area (Å²) < 4.78 is 18.4. The predicted octanol–water partition coefficient (Wildman–Crippen LogP) is 2.41. The summed E-state index contributed by atoms with van der Waals surface area (Å²) >= 11 is 0. The first-order valence-electron chi connectivity index (χ1n) is 6.27. The number of hydrogen-bond acceptors (Lipinski definition) is 4. The van der Waals surface area contributed by atoms with E-state index < -0.39 is 0 Å². The Kier molecular flexibility index (Phi) is 4.47. The summed E-state index contributed by atoms with van der Waals surface area (Å²) in [7, 11) is 0. The van der Waals surface area contributed by atoms with E-state index in [2.05, 4.69) is 15.8 Å². The number of nitrogens with one attached hydrogen (secondary N) is 2. The number of carbonyl (C=O) groups excluding carboxylic acids is 1. The smallest absolute Gasteiger partial charge is 0.239 e. The Morgan fingerprint density at radius 1 is 1.45 bits per heavy atom. The molecule has 0 spiro atoms. The van der Waals surface area contributed by atoms with E-state index in [0.717, 1.165) is 0 Å². The molecule has 0 bridgehead atoms. The Labute approximate surface area is 116 Å². The zero-order valence-corrected chi connectivity index (χ0v) is 11.3. The lowest BCUT2D eigenvalue weighted by Crippen LogP contribution is -2.30. The second-order valence-corrected chi connectivity index (χ2v) is 4.50. The highest BCUT2D eigenvalue weighted by atomic mass is 19.1. The summed E-state index contributed by atoms with van der Waals surface area (Å²) in [5.41, 5.74) is 0.526. The number of benzene rings is 1. The van der Waals surface area contributed by atoms with E-state index in [0.29, 0.717) is 17.1 Å². The quantitative estimate of drug-likeness (QED) is 0.880. The molecular weight excluding hydrogens is 261 g/mol. The molecule has 2 aromatic rings. The fourth-order valence-electron chi connectivity index (χ4n) is 1.79. The number of carbonyl (C=O) groups is 1. The number of nitrogens with zero attached hydrogens (tertiary/aromatic N) is 1. The van der Waals surface area contributed by atoms with Crippen LogP contribution in [0.1, 0.15) is 24.3 Å². The number of aromatic nitrogens is 1. The molecule has 0 radical (unpaired) electrons. The third-order valence-corrected chi connectivity index (χ3v) is 2.84. The van der Waals surface area contributed by atoms with Gasteiger partial charge in [-0.15, -0.1) is 0 Å². The molecule has 0 aliphatic heterocycles. The number of aryl methyl sites for hydroxylation is 1. The summed E-state index contributed by atoms with van der Waals surface area (Å²) in [4.78, 5) is 11.7. The van der Waals surface area contributed by atoms with Crippen molar-refractivity contribution in [3.05, 3.63) is 47.5 Å². The zero-order chi connectivity index (χ0) is 14.5. The summed E-state index contributed by atoms with van der Waals surface area (Å²) in [5.74, 6) is 0.433. The lowest BCUT2D eigenvalue weighted by Gasteiger charge is -2.14. The minimum atomic E-state index is -0.292. The maximum atomic E-state index is 13.6. The minimum absolute atomic E-state index is 0.0570. The first-order chi connectivity index (χ1) is 9.56. The fraction of sp³-hybridized carbons (Fsp3) is 0.286. The van der Waals surface area contributed by atoms with Gasteiger partial charge in [-0.1, -0.05) is 23.4 Å². The Morgan fingerprint density at radius 2 is 2.20 bits per heavy atom. The number of hydrogen-bond donors (Lipinski definition) is 2. The van der Waals surface area contributed by atoms with Crippen LogP contribution in [0.2, 0.25) is 0 Å². The average molecular weight is 277 g/mol. The van der Waals surface area contributed by atoms with Gasteiger partial charge in [0.05, 0.1) is 6.54 Å².